The van der Waals surface area contributed by atoms with Crippen LogP contribution in [0.25, 0.3) is 0 Å². The van der Waals surface area contributed by atoms with Crippen molar-refractivity contribution in [3.05, 3.63) is 35.9 Å². The maximum Gasteiger partial charge on any atom is 0.193 e. The Morgan fingerprint density at radius 1 is 0.931 bits per heavy atom. The Kier molecular flexibility index (Phi) is 8.77. The zero-order valence-corrected chi connectivity index (χ0v) is 18.7. The lowest BCUT2D eigenvalue weighted by molar-refractivity contribution is 0.125. The predicted octanol–water partition coefficient (Wildman–Crippen LogP) is 1.97. The summed E-state index contributed by atoms with van der Waals surface area (Å²) < 4.78 is 0. The lowest BCUT2D eigenvalue weighted by Gasteiger charge is -2.40. The van der Waals surface area contributed by atoms with Crippen molar-refractivity contribution in [1.29, 1.82) is 0 Å². The number of nitrogens with one attached hydrogen (secondary N) is 1. The minimum atomic E-state index is 0.523. The third-order valence-electron chi connectivity index (χ3n) is 6.46. The first-order valence-electron chi connectivity index (χ1n) is 11.4. The van der Waals surface area contributed by atoms with E-state index < -0.39 is 0 Å². The molecule has 0 saturated carbocycles. The summed E-state index contributed by atoms with van der Waals surface area (Å²) >= 11 is 0. The van der Waals surface area contributed by atoms with E-state index in [0.717, 1.165) is 51.6 Å². The van der Waals surface area contributed by atoms with E-state index in [4.69, 9.17) is 0 Å². The molecule has 1 N–H and O–H groups in total. The molecule has 6 nitrogen and oxygen atoms in total. The van der Waals surface area contributed by atoms with E-state index in [1.165, 1.54) is 38.3 Å². The lowest BCUT2D eigenvalue weighted by Crippen LogP contribution is -2.54. The molecule has 2 heterocycles. The highest BCUT2D eigenvalue weighted by Gasteiger charge is 2.25. The van der Waals surface area contributed by atoms with Crippen molar-refractivity contribution in [2.45, 2.75) is 26.3 Å². The minimum absolute atomic E-state index is 0.523. The zero-order valence-electron chi connectivity index (χ0n) is 18.7. The second-order valence-corrected chi connectivity index (χ2v) is 8.11. The molecule has 2 saturated heterocycles. The molecule has 2 aliphatic rings. The molecule has 1 aromatic carbocycles. The summed E-state index contributed by atoms with van der Waals surface area (Å²) in [5.74, 6) is 1.06. The first-order chi connectivity index (χ1) is 14.2. The van der Waals surface area contributed by atoms with Crippen LogP contribution in [0.15, 0.2) is 35.3 Å². The summed E-state index contributed by atoms with van der Waals surface area (Å²) in [5.41, 5.74) is 1.44. The fraction of sp³-hybridized carbons (Fsp3) is 0.696. The minimum Gasteiger partial charge on any atom is -0.355 e. The number of nitrogens with zero attached hydrogens (tertiary/aromatic N) is 5. The number of piperazine rings is 2. The van der Waals surface area contributed by atoms with Gasteiger partial charge in [-0.05, 0) is 18.5 Å². The first-order valence-corrected chi connectivity index (χ1v) is 11.4. The van der Waals surface area contributed by atoms with Gasteiger partial charge < -0.3 is 15.1 Å². The van der Waals surface area contributed by atoms with Crippen molar-refractivity contribution in [3.63, 3.8) is 0 Å². The Morgan fingerprint density at radius 2 is 1.59 bits per heavy atom. The van der Waals surface area contributed by atoms with Crippen LogP contribution in [0.4, 0.5) is 0 Å². The summed E-state index contributed by atoms with van der Waals surface area (Å²) in [4.78, 5) is 14.7. The fourth-order valence-electron chi connectivity index (χ4n) is 4.61. The second kappa shape index (κ2) is 11.5. The molecule has 0 bridgehead atoms. The number of hydrogen-bond donors (Lipinski definition) is 1. The van der Waals surface area contributed by atoms with Crippen molar-refractivity contribution in [3.8, 4) is 0 Å². The van der Waals surface area contributed by atoms with Crippen LogP contribution in [0, 0.1) is 0 Å². The van der Waals surface area contributed by atoms with E-state index in [0.29, 0.717) is 6.04 Å². The van der Waals surface area contributed by atoms with Gasteiger partial charge in [0.1, 0.15) is 0 Å². The summed E-state index contributed by atoms with van der Waals surface area (Å²) in [5, 5.41) is 3.60. The van der Waals surface area contributed by atoms with Crippen LogP contribution in [0.1, 0.15) is 31.9 Å². The monoisotopic (exact) mass is 400 g/mol. The highest BCUT2D eigenvalue weighted by Crippen LogP contribution is 2.25. The van der Waals surface area contributed by atoms with Crippen molar-refractivity contribution in [2.24, 2.45) is 4.99 Å². The number of benzene rings is 1. The highest BCUT2D eigenvalue weighted by molar-refractivity contribution is 5.80. The van der Waals surface area contributed by atoms with Gasteiger partial charge in [0.15, 0.2) is 5.96 Å². The van der Waals surface area contributed by atoms with Gasteiger partial charge in [0.25, 0.3) is 0 Å². The average molecular weight is 401 g/mol. The fourth-order valence-corrected chi connectivity index (χ4v) is 4.61. The third kappa shape index (κ3) is 6.17. The Morgan fingerprint density at radius 3 is 2.17 bits per heavy atom. The molecule has 0 aliphatic carbocycles. The normalized spacial score (nSPS) is 21.3. The molecule has 6 heteroatoms. The Bertz CT molecular complexity index is 603. The van der Waals surface area contributed by atoms with Gasteiger partial charge in [0.05, 0.1) is 0 Å². The molecule has 0 amide bonds. The van der Waals surface area contributed by atoms with Crippen molar-refractivity contribution in [1.82, 2.24) is 24.9 Å². The smallest absolute Gasteiger partial charge is 0.193 e. The van der Waals surface area contributed by atoms with Gasteiger partial charge in [-0.25, -0.2) is 0 Å². The first kappa shape index (κ1) is 22.1. The maximum atomic E-state index is 4.55. The molecule has 0 spiro atoms. The van der Waals surface area contributed by atoms with Gasteiger partial charge in [0.2, 0.25) is 0 Å². The van der Waals surface area contributed by atoms with Gasteiger partial charge in [0, 0.05) is 78.5 Å². The van der Waals surface area contributed by atoms with Crippen LogP contribution < -0.4 is 5.32 Å². The van der Waals surface area contributed by atoms with Gasteiger partial charge >= 0.3 is 0 Å². The molecule has 29 heavy (non-hydrogen) atoms. The maximum absolute atomic E-state index is 4.55. The Balaban J connectivity index is 1.42. The molecule has 0 aromatic heterocycles. The number of rotatable bonds is 7. The number of aliphatic imine (C=N–C) groups is 1. The molecule has 3 rings (SSSR count). The standard InChI is InChI=1S/C23H40N6/c1-4-22(21-9-7-6-8-10-21)28-17-19-29(20-18-28)23(24-3)25-11-12-27-15-13-26(5-2)14-16-27/h6-10,22H,4-5,11-20H2,1-3H3,(H,24,25). The number of guanidine groups is 1. The van der Waals surface area contributed by atoms with Gasteiger partial charge in [-0.3, -0.25) is 14.8 Å². The van der Waals surface area contributed by atoms with Gasteiger partial charge in [-0.1, -0.05) is 44.2 Å². The molecule has 162 valence electrons. The van der Waals surface area contributed by atoms with E-state index in [-0.39, 0.29) is 0 Å². The summed E-state index contributed by atoms with van der Waals surface area (Å²) in [6.45, 7) is 16.8. The van der Waals surface area contributed by atoms with Crippen LogP contribution in [0.3, 0.4) is 0 Å². The van der Waals surface area contributed by atoms with Gasteiger partial charge in [-0.15, -0.1) is 0 Å². The van der Waals surface area contributed by atoms with Crippen LogP contribution in [-0.2, 0) is 0 Å². The Hall–Kier alpha value is -1.63. The SMILES string of the molecule is CCC(c1ccccc1)N1CCN(C(=NC)NCCN2CCN(CC)CC2)CC1. The number of hydrogen-bond acceptors (Lipinski definition) is 4. The molecule has 1 unspecified atom stereocenters. The molecule has 1 atom stereocenters. The quantitative estimate of drug-likeness (QED) is 0.560. The Labute approximate surface area is 177 Å². The van der Waals surface area contributed by atoms with E-state index in [1.807, 2.05) is 7.05 Å². The molecular formula is C23H40N6. The van der Waals surface area contributed by atoms with Crippen molar-refractivity contribution >= 4 is 5.96 Å². The van der Waals surface area contributed by atoms with Crippen LogP contribution in [-0.4, -0.2) is 105 Å². The van der Waals surface area contributed by atoms with Crippen LogP contribution in [0.5, 0.6) is 0 Å². The molecular weight excluding hydrogens is 360 g/mol. The largest absolute Gasteiger partial charge is 0.355 e. The summed E-state index contributed by atoms with van der Waals surface area (Å²) in [6, 6.07) is 11.5. The van der Waals surface area contributed by atoms with E-state index >= 15 is 0 Å². The predicted molar refractivity (Wildman–Crippen MR) is 123 cm³/mol. The van der Waals surface area contributed by atoms with Crippen molar-refractivity contribution in [2.75, 3.05) is 79.0 Å². The summed E-state index contributed by atoms with van der Waals surface area (Å²) in [7, 11) is 1.91. The van der Waals surface area contributed by atoms with E-state index in [9.17, 15) is 0 Å². The van der Waals surface area contributed by atoms with Crippen molar-refractivity contribution < 1.29 is 0 Å². The average Bonchev–Trinajstić information content (AvgIpc) is 2.79. The summed E-state index contributed by atoms with van der Waals surface area (Å²) in [6.07, 6.45) is 1.16. The topological polar surface area (TPSA) is 37.4 Å². The molecule has 2 aliphatic heterocycles. The van der Waals surface area contributed by atoms with E-state index in [1.54, 1.807) is 0 Å². The zero-order chi connectivity index (χ0) is 20.5. The van der Waals surface area contributed by atoms with E-state index in [2.05, 4.69) is 74.1 Å². The number of likely N-dealkylation sites (N-methyl/N-ethyl adjacent to an activating group) is 1. The van der Waals surface area contributed by atoms with Crippen LogP contribution in [0.2, 0.25) is 0 Å². The third-order valence-corrected chi connectivity index (χ3v) is 6.46. The van der Waals surface area contributed by atoms with Crippen LogP contribution >= 0.6 is 0 Å². The second-order valence-electron chi connectivity index (χ2n) is 8.11. The highest BCUT2D eigenvalue weighted by atomic mass is 15.4. The molecule has 1 aromatic rings. The van der Waals surface area contributed by atoms with Gasteiger partial charge in [-0.2, -0.15) is 0 Å². The molecule has 0 radical (unpaired) electrons. The lowest BCUT2D eigenvalue weighted by atomic mass is 10.0. The molecule has 2 fully saturated rings.